The Hall–Kier alpha value is -2.86. The summed E-state index contributed by atoms with van der Waals surface area (Å²) >= 11 is 0. The lowest BCUT2D eigenvalue weighted by atomic mass is 9.97. The van der Waals surface area contributed by atoms with Gasteiger partial charge in [0.1, 0.15) is 6.54 Å². The zero-order chi connectivity index (χ0) is 20.3. The lowest BCUT2D eigenvalue weighted by Crippen LogP contribution is -3.16. The maximum atomic E-state index is 12.7. The number of amides is 1. The van der Waals surface area contributed by atoms with Crippen LogP contribution in [0, 0.1) is 0 Å². The number of anilines is 1. The van der Waals surface area contributed by atoms with Crippen molar-refractivity contribution in [2.45, 2.75) is 32.9 Å². The Morgan fingerprint density at radius 1 is 1.04 bits per heavy atom. The highest BCUT2D eigenvalue weighted by Crippen LogP contribution is 2.31. The summed E-state index contributed by atoms with van der Waals surface area (Å²) in [6.07, 6.45) is 0.885. The maximum absolute atomic E-state index is 12.7. The van der Waals surface area contributed by atoms with Gasteiger partial charge in [0.05, 0.1) is 20.8 Å². The van der Waals surface area contributed by atoms with Crippen molar-refractivity contribution in [3.8, 4) is 11.5 Å². The first-order valence-electron chi connectivity index (χ1n) is 9.43. The molecule has 2 aromatic rings. The third-order valence-corrected chi connectivity index (χ3v) is 5.40. The Balaban J connectivity index is 1.68. The fraction of sp³-hybridized carbons (Fsp3) is 0.364. The molecule has 0 aromatic heterocycles. The van der Waals surface area contributed by atoms with Crippen molar-refractivity contribution in [2.75, 3.05) is 26.1 Å². The molecular weight excluding hydrogens is 356 g/mol. The highest BCUT2D eigenvalue weighted by molar-refractivity contribution is 5.96. The number of ether oxygens (including phenoxy) is 2. The number of ketones is 1. The number of hydrogen-bond acceptors (Lipinski definition) is 4. The van der Waals surface area contributed by atoms with Crippen LogP contribution in [0.4, 0.5) is 5.69 Å². The van der Waals surface area contributed by atoms with E-state index in [2.05, 4.69) is 5.32 Å². The molecule has 0 spiro atoms. The highest BCUT2D eigenvalue weighted by atomic mass is 16.5. The van der Waals surface area contributed by atoms with Gasteiger partial charge in [0.25, 0.3) is 5.91 Å². The van der Waals surface area contributed by atoms with Crippen molar-refractivity contribution in [3.05, 3.63) is 53.1 Å². The number of benzene rings is 2. The molecule has 0 saturated carbocycles. The summed E-state index contributed by atoms with van der Waals surface area (Å²) in [6.45, 7) is 5.10. The molecular formula is C22H27N2O4+. The molecule has 3 rings (SSSR count). The molecule has 0 aliphatic carbocycles. The molecule has 6 heteroatoms. The summed E-state index contributed by atoms with van der Waals surface area (Å²) in [5, 5.41) is 2.95. The van der Waals surface area contributed by atoms with Crippen LogP contribution in [0.15, 0.2) is 36.4 Å². The summed E-state index contributed by atoms with van der Waals surface area (Å²) in [7, 11) is 3.27. The SMILES string of the molecule is COc1cc2c(cc1OC)C[NH+]([C@@H](C)C(=O)Nc1ccc(C(C)=O)cc1)CC2. The first-order valence-corrected chi connectivity index (χ1v) is 9.43. The summed E-state index contributed by atoms with van der Waals surface area (Å²) < 4.78 is 10.8. The van der Waals surface area contributed by atoms with E-state index in [0.717, 1.165) is 25.3 Å². The summed E-state index contributed by atoms with van der Waals surface area (Å²) in [6, 6.07) is 10.8. The molecule has 6 nitrogen and oxygen atoms in total. The minimum absolute atomic E-state index is 0.00901. The van der Waals surface area contributed by atoms with Crippen LogP contribution >= 0.6 is 0 Å². The molecule has 1 amide bonds. The number of hydrogen-bond donors (Lipinski definition) is 2. The molecule has 1 heterocycles. The third-order valence-electron chi connectivity index (χ3n) is 5.40. The minimum Gasteiger partial charge on any atom is -0.493 e. The number of carbonyl (C=O) groups excluding carboxylic acids is 2. The second kappa shape index (κ2) is 8.44. The van der Waals surface area contributed by atoms with Crippen molar-refractivity contribution in [1.29, 1.82) is 0 Å². The van der Waals surface area contributed by atoms with Crippen LogP contribution in [0.3, 0.4) is 0 Å². The van der Waals surface area contributed by atoms with E-state index in [1.165, 1.54) is 23.0 Å². The van der Waals surface area contributed by atoms with Crippen molar-refractivity contribution in [1.82, 2.24) is 0 Å². The Morgan fingerprint density at radius 2 is 1.64 bits per heavy atom. The van der Waals surface area contributed by atoms with E-state index in [9.17, 15) is 9.59 Å². The van der Waals surface area contributed by atoms with E-state index in [-0.39, 0.29) is 17.7 Å². The van der Waals surface area contributed by atoms with Crippen molar-refractivity contribution in [3.63, 3.8) is 0 Å². The number of Topliss-reactive ketones (excluding diaryl/α,β-unsaturated/α-hetero) is 1. The monoisotopic (exact) mass is 383 g/mol. The number of rotatable bonds is 6. The second-order valence-corrected chi connectivity index (χ2v) is 7.16. The Labute approximate surface area is 165 Å². The van der Waals surface area contributed by atoms with Gasteiger partial charge < -0.3 is 19.7 Å². The normalized spacial score (nSPS) is 16.6. The predicted octanol–water partition coefficient (Wildman–Crippen LogP) is 1.87. The molecule has 0 bridgehead atoms. The highest BCUT2D eigenvalue weighted by Gasteiger charge is 2.30. The van der Waals surface area contributed by atoms with Crippen LogP contribution in [0.2, 0.25) is 0 Å². The summed E-state index contributed by atoms with van der Waals surface area (Å²) in [5.74, 6) is 1.43. The smallest absolute Gasteiger partial charge is 0.282 e. The zero-order valence-corrected chi connectivity index (χ0v) is 16.8. The second-order valence-electron chi connectivity index (χ2n) is 7.16. The van der Waals surface area contributed by atoms with E-state index in [1.807, 2.05) is 19.1 Å². The summed E-state index contributed by atoms with van der Waals surface area (Å²) in [5.41, 5.74) is 3.76. The van der Waals surface area contributed by atoms with Gasteiger partial charge in [0, 0.05) is 23.2 Å². The molecule has 0 radical (unpaired) electrons. The number of carbonyl (C=O) groups is 2. The van der Waals surface area contributed by atoms with Gasteiger partial charge in [0.2, 0.25) is 0 Å². The van der Waals surface area contributed by atoms with Crippen LogP contribution < -0.4 is 19.7 Å². The lowest BCUT2D eigenvalue weighted by molar-refractivity contribution is -0.929. The Kier molecular flexibility index (Phi) is 5.99. The molecule has 2 atom stereocenters. The van der Waals surface area contributed by atoms with Crippen LogP contribution in [-0.2, 0) is 17.8 Å². The fourth-order valence-electron chi connectivity index (χ4n) is 3.58. The summed E-state index contributed by atoms with van der Waals surface area (Å²) in [4.78, 5) is 25.3. The van der Waals surface area contributed by atoms with E-state index in [4.69, 9.17) is 9.47 Å². The van der Waals surface area contributed by atoms with Crippen LogP contribution in [0.5, 0.6) is 11.5 Å². The number of quaternary nitrogens is 1. The average molecular weight is 383 g/mol. The van der Waals surface area contributed by atoms with Gasteiger partial charge in [0.15, 0.2) is 23.3 Å². The Morgan fingerprint density at radius 3 is 2.21 bits per heavy atom. The maximum Gasteiger partial charge on any atom is 0.282 e. The average Bonchev–Trinajstić information content (AvgIpc) is 2.71. The quantitative estimate of drug-likeness (QED) is 0.748. The lowest BCUT2D eigenvalue weighted by Gasteiger charge is -2.30. The van der Waals surface area contributed by atoms with Gasteiger partial charge in [-0.15, -0.1) is 0 Å². The Bertz CT molecular complexity index is 877. The molecule has 28 heavy (non-hydrogen) atoms. The molecule has 1 unspecified atom stereocenters. The number of fused-ring (bicyclic) bond motifs is 1. The van der Waals surface area contributed by atoms with Gasteiger partial charge in [-0.3, -0.25) is 9.59 Å². The van der Waals surface area contributed by atoms with Crippen molar-refractivity contribution in [2.24, 2.45) is 0 Å². The van der Waals surface area contributed by atoms with Crippen molar-refractivity contribution < 1.29 is 24.0 Å². The largest absolute Gasteiger partial charge is 0.493 e. The molecule has 0 fully saturated rings. The molecule has 2 aromatic carbocycles. The fourth-order valence-corrected chi connectivity index (χ4v) is 3.58. The molecule has 1 aliphatic heterocycles. The third kappa shape index (κ3) is 4.17. The van der Waals surface area contributed by atoms with E-state index in [1.54, 1.807) is 38.5 Å². The predicted molar refractivity (Wildman–Crippen MR) is 107 cm³/mol. The van der Waals surface area contributed by atoms with Gasteiger partial charge >= 0.3 is 0 Å². The molecule has 2 N–H and O–H groups in total. The van der Waals surface area contributed by atoms with Crippen LogP contribution in [-0.4, -0.2) is 38.5 Å². The van der Waals surface area contributed by atoms with Crippen LogP contribution in [0.1, 0.15) is 35.3 Å². The standard InChI is InChI=1S/C22H26N2O4/c1-14(22(26)23-19-7-5-16(6-8-19)15(2)25)24-10-9-17-11-20(27-3)21(28-4)12-18(17)13-24/h5-8,11-12,14H,9-10,13H2,1-4H3,(H,23,26)/p+1/t14-/m0/s1. The number of methoxy groups -OCH3 is 2. The zero-order valence-electron chi connectivity index (χ0n) is 16.8. The minimum atomic E-state index is -0.200. The first kappa shape index (κ1) is 19.9. The molecule has 1 aliphatic rings. The number of nitrogens with one attached hydrogen (secondary N) is 2. The van der Waals surface area contributed by atoms with Gasteiger partial charge in [-0.1, -0.05) is 0 Å². The van der Waals surface area contributed by atoms with Gasteiger partial charge in [-0.2, -0.15) is 0 Å². The van der Waals surface area contributed by atoms with Crippen molar-refractivity contribution >= 4 is 17.4 Å². The van der Waals surface area contributed by atoms with Gasteiger partial charge in [-0.05, 0) is 55.8 Å². The van der Waals surface area contributed by atoms with Crippen LogP contribution in [0.25, 0.3) is 0 Å². The molecule has 0 saturated heterocycles. The topological polar surface area (TPSA) is 69.1 Å². The van der Waals surface area contributed by atoms with E-state index in [0.29, 0.717) is 17.0 Å². The first-order chi connectivity index (χ1) is 13.4. The van der Waals surface area contributed by atoms with E-state index >= 15 is 0 Å². The van der Waals surface area contributed by atoms with Gasteiger partial charge in [-0.25, -0.2) is 0 Å². The molecule has 148 valence electrons. The van der Waals surface area contributed by atoms with E-state index < -0.39 is 0 Å².